The molecule has 1 unspecified atom stereocenters. The van der Waals surface area contributed by atoms with Crippen molar-refractivity contribution in [2.24, 2.45) is 5.84 Å². The summed E-state index contributed by atoms with van der Waals surface area (Å²) in [5, 5.41) is 0. The number of aryl methyl sites for hydroxylation is 2. The summed E-state index contributed by atoms with van der Waals surface area (Å²) in [6.45, 7) is 6.86. The number of rotatable bonds is 6. The molecule has 0 aliphatic heterocycles. The Morgan fingerprint density at radius 3 is 2.71 bits per heavy atom. The zero-order chi connectivity index (χ0) is 15.2. The molecule has 4 nitrogen and oxygen atoms in total. The minimum Gasteiger partial charge on any atom is -0.493 e. The van der Waals surface area contributed by atoms with Gasteiger partial charge in [0.1, 0.15) is 5.75 Å². The van der Waals surface area contributed by atoms with E-state index in [-0.39, 0.29) is 6.04 Å². The monoisotopic (exact) mass is 285 g/mol. The summed E-state index contributed by atoms with van der Waals surface area (Å²) in [6.07, 6.45) is 2.83. The summed E-state index contributed by atoms with van der Waals surface area (Å²) in [4.78, 5) is 4.55. The second-order valence-corrected chi connectivity index (χ2v) is 5.20. The molecule has 1 aromatic heterocycles. The molecule has 21 heavy (non-hydrogen) atoms. The molecule has 1 heterocycles. The van der Waals surface area contributed by atoms with E-state index in [1.165, 1.54) is 0 Å². The lowest BCUT2D eigenvalue weighted by Crippen LogP contribution is -2.30. The van der Waals surface area contributed by atoms with Gasteiger partial charge in [0.2, 0.25) is 0 Å². The molecule has 4 heteroatoms. The van der Waals surface area contributed by atoms with Gasteiger partial charge in [0, 0.05) is 11.8 Å². The van der Waals surface area contributed by atoms with Gasteiger partial charge in [-0.15, -0.1) is 0 Å². The lowest BCUT2D eigenvalue weighted by atomic mass is 9.99. The Hall–Kier alpha value is -1.91. The van der Waals surface area contributed by atoms with Gasteiger partial charge in [-0.2, -0.15) is 0 Å². The summed E-state index contributed by atoms with van der Waals surface area (Å²) in [7, 11) is 0. The second kappa shape index (κ2) is 7.20. The van der Waals surface area contributed by atoms with Crippen molar-refractivity contribution in [1.82, 2.24) is 10.4 Å². The predicted molar refractivity (Wildman–Crippen MR) is 85.1 cm³/mol. The van der Waals surface area contributed by atoms with Crippen LogP contribution in [-0.2, 0) is 0 Å². The Balaban J connectivity index is 2.41. The van der Waals surface area contributed by atoms with E-state index >= 15 is 0 Å². The first-order valence-electron chi connectivity index (χ1n) is 7.28. The average molecular weight is 285 g/mol. The fourth-order valence-corrected chi connectivity index (χ4v) is 2.41. The molecular weight excluding hydrogens is 262 g/mol. The molecule has 1 aromatic carbocycles. The molecule has 3 N–H and O–H groups in total. The number of benzene rings is 1. The van der Waals surface area contributed by atoms with Crippen LogP contribution in [0.1, 0.15) is 41.8 Å². The van der Waals surface area contributed by atoms with Crippen LogP contribution in [0.2, 0.25) is 0 Å². The van der Waals surface area contributed by atoms with E-state index in [2.05, 4.69) is 30.3 Å². The number of pyridine rings is 1. The smallest absolute Gasteiger partial charge is 0.124 e. The molecule has 0 amide bonds. The van der Waals surface area contributed by atoms with Crippen molar-refractivity contribution < 1.29 is 4.74 Å². The number of hydrogen-bond donors (Lipinski definition) is 2. The third-order valence-electron chi connectivity index (χ3n) is 3.39. The Labute approximate surface area is 126 Å². The van der Waals surface area contributed by atoms with Crippen LogP contribution in [-0.4, -0.2) is 11.6 Å². The minimum atomic E-state index is -0.182. The lowest BCUT2D eigenvalue weighted by molar-refractivity contribution is 0.311. The number of nitrogens with two attached hydrogens (primary N) is 1. The molecule has 0 saturated heterocycles. The van der Waals surface area contributed by atoms with Crippen LogP contribution in [0.3, 0.4) is 0 Å². The number of nitrogens with zero attached hydrogens (tertiary/aromatic N) is 1. The number of hydrogen-bond acceptors (Lipinski definition) is 4. The lowest BCUT2D eigenvalue weighted by Gasteiger charge is -2.21. The number of para-hydroxylation sites is 1. The Morgan fingerprint density at radius 2 is 2.05 bits per heavy atom. The molecule has 0 fully saturated rings. The van der Waals surface area contributed by atoms with E-state index in [1.807, 2.05) is 37.4 Å². The van der Waals surface area contributed by atoms with Crippen LogP contribution in [0.4, 0.5) is 0 Å². The number of ether oxygens (including phenoxy) is 1. The van der Waals surface area contributed by atoms with Crippen molar-refractivity contribution >= 4 is 0 Å². The van der Waals surface area contributed by atoms with Crippen LogP contribution in [0.5, 0.6) is 5.75 Å². The summed E-state index contributed by atoms with van der Waals surface area (Å²) in [5.41, 5.74) is 7.06. The van der Waals surface area contributed by atoms with Gasteiger partial charge in [-0.3, -0.25) is 10.8 Å². The minimum absolute atomic E-state index is 0.182. The SMILES string of the molecule is CCCOc1ccccc1C(NN)c1ncc(C)cc1C. The first kappa shape index (κ1) is 15.5. The number of aromatic nitrogens is 1. The van der Waals surface area contributed by atoms with E-state index in [0.29, 0.717) is 6.61 Å². The van der Waals surface area contributed by atoms with Gasteiger partial charge < -0.3 is 4.74 Å². The third kappa shape index (κ3) is 3.60. The van der Waals surface area contributed by atoms with E-state index in [1.54, 1.807) is 0 Å². The van der Waals surface area contributed by atoms with Crippen LogP contribution in [0.25, 0.3) is 0 Å². The quantitative estimate of drug-likeness (QED) is 0.632. The Kier molecular flexibility index (Phi) is 5.31. The maximum absolute atomic E-state index is 5.83. The highest BCUT2D eigenvalue weighted by Crippen LogP contribution is 2.30. The molecule has 2 aromatic rings. The van der Waals surface area contributed by atoms with Crippen molar-refractivity contribution in [3.8, 4) is 5.75 Å². The molecule has 0 radical (unpaired) electrons. The predicted octanol–water partition coefficient (Wildman–Crippen LogP) is 3.04. The fraction of sp³-hybridized carbons (Fsp3) is 0.353. The van der Waals surface area contributed by atoms with Gasteiger partial charge in [0.05, 0.1) is 18.3 Å². The molecule has 0 bridgehead atoms. The number of nitrogens with one attached hydrogen (secondary N) is 1. The van der Waals surface area contributed by atoms with Crippen LogP contribution >= 0.6 is 0 Å². The van der Waals surface area contributed by atoms with Crippen LogP contribution < -0.4 is 16.0 Å². The Bertz CT molecular complexity index is 598. The molecule has 0 spiro atoms. The van der Waals surface area contributed by atoms with E-state index in [4.69, 9.17) is 10.6 Å². The standard InChI is InChI=1S/C17H23N3O/c1-4-9-21-15-8-6-5-7-14(15)17(20-18)16-13(3)10-12(2)11-19-16/h5-8,10-11,17,20H,4,9,18H2,1-3H3. The third-order valence-corrected chi connectivity index (χ3v) is 3.39. The van der Waals surface area contributed by atoms with E-state index in [9.17, 15) is 0 Å². The zero-order valence-corrected chi connectivity index (χ0v) is 12.9. The molecule has 0 aliphatic carbocycles. The van der Waals surface area contributed by atoms with Gasteiger partial charge in [0.15, 0.2) is 0 Å². The van der Waals surface area contributed by atoms with Gasteiger partial charge >= 0.3 is 0 Å². The average Bonchev–Trinajstić information content (AvgIpc) is 2.49. The van der Waals surface area contributed by atoms with Crippen molar-refractivity contribution in [3.05, 3.63) is 58.9 Å². The highest BCUT2D eigenvalue weighted by atomic mass is 16.5. The van der Waals surface area contributed by atoms with Crippen molar-refractivity contribution in [1.29, 1.82) is 0 Å². The van der Waals surface area contributed by atoms with Gasteiger partial charge in [0.25, 0.3) is 0 Å². The van der Waals surface area contributed by atoms with E-state index in [0.717, 1.165) is 34.6 Å². The van der Waals surface area contributed by atoms with Crippen LogP contribution in [0.15, 0.2) is 36.5 Å². The first-order valence-corrected chi connectivity index (χ1v) is 7.28. The zero-order valence-electron chi connectivity index (χ0n) is 12.9. The number of hydrazine groups is 1. The molecule has 1 atom stereocenters. The molecule has 2 rings (SSSR count). The largest absolute Gasteiger partial charge is 0.493 e. The topological polar surface area (TPSA) is 60.2 Å². The van der Waals surface area contributed by atoms with E-state index < -0.39 is 0 Å². The highest BCUT2D eigenvalue weighted by molar-refractivity contribution is 5.42. The summed E-state index contributed by atoms with van der Waals surface area (Å²) < 4.78 is 5.83. The normalized spacial score (nSPS) is 12.2. The van der Waals surface area contributed by atoms with Crippen LogP contribution in [0, 0.1) is 13.8 Å². The molecule has 0 saturated carbocycles. The summed E-state index contributed by atoms with van der Waals surface area (Å²) in [6, 6.07) is 9.88. The van der Waals surface area contributed by atoms with Crippen molar-refractivity contribution in [2.75, 3.05) is 6.61 Å². The maximum atomic E-state index is 5.83. The van der Waals surface area contributed by atoms with Crippen molar-refractivity contribution in [3.63, 3.8) is 0 Å². The molecule has 0 aliphatic rings. The summed E-state index contributed by atoms with van der Waals surface area (Å²) >= 11 is 0. The second-order valence-electron chi connectivity index (χ2n) is 5.20. The fourth-order valence-electron chi connectivity index (χ4n) is 2.41. The van der Waals surface area contributed by atoms with Gasteiger partial charge in [-0.25, -0.2) is 5.43 Å². The van der Waals surface area contributed by atoms with Gasteiger partial charge in [-0.05, 0) is 37.5 Å². The van der Waals surface area contributed by atoms with Crippen molar-refractivity contribution in [2.45, 2.75) is 33.2 Å². The highest BCUT2D eigenvalue weighted by Gasteiger charge is 2.20. The summed E-state index contributed by atoms with van der Waals surface area (Å²) in [5.74, 6) is 6.65. The first-order chi connectivity index (χ1) is 10.2. The molecule has 112 valence electrons. The van der Waals surface area contributed by atoms with Gasteiger partial charge in [-0.1, -0.05) is 31.2 Å². The Morgan fingerprint density at radius 1 is 1.29 bits per heavy atom. The maximum Gasteiger partial charge on any atom is 0.124 e. The molecular formula is C17H23N3O.